The standard InChI is InChI=1S/C21H21FO6S/c22-14-8-15(24)13(21-20(27)19(26)18(25)16(9-23)28-21)7-11(14)6-12-5-10-3-1-2-4-17(10)29-12/h1-5,7-8,16,18-21,23-27H,6,9H2/t16-,18-,19+,20-,21+/m1/s1. The van der Waals surface area contributed by atoms with E-state index in [1.54, 1.807) is 0 Å². The molecule has 5 atom stereocenters. The molecule has 1 aliphatic heterocycles. The van der Waals surface area contributed by atoms with Crippen molar-refractivity contribution in [3.63, 3.8) is 0 Å². The maximum Gasteiger partial charge on any atom is 0.130 e. The van der Waals surface area contributed by atoms with Crippen LogP contribution in [-0.2, 0) is 11.2 Å². The molecule has 0 amide bonds. The highest BCUT2D eigenvalue weighted by Gasteiger charge is 2.44. The van der Waals surface area contributed by atoms with Crippen LogP contribution in [-0.4, -0.2) is 56.6 Å². The van der Waals surface area contributed by atoms with Gasteiger partial charge in [0, 0.05) is 27.6 Å². The van der Waals surface area contributed by atoms with Crippen molar-refractivity contribution in [1.29, 1.82) is 0 Å². The molecule has 1 saturated heterocycles. The first-order valence-corrected chi connectivity index (χ1v) is 10.00. The highest BCUT2D eigenvalue weighted by molar-refractivity contribution is 7.19. The lowest BCUT2D eigenvalue weighted by atomic mass is 9.89. The molecule has 29 heavy (non-hydrogen) atoms. The molecular weight excluding hydrogens is 399 g/mol. The number of aliphatic hydroxyl groups excluding tert-OH is 4. The van der Waals surface area contributed by atoms with Crippen LogP contribution in [0.25, 0.3) is 10.1 Å². The van der Waals surface area contributed by atoms with E-state index in [9.17, 15) is 29.9 Å². The number of phenols is 1. The molecule has 2 aromatic carbocycles. The van der Waals surface area contributed by atoms with Gasteiger partial charge >= 0.3 is 0 Å². The number of fused-ring (bicyclic) bond motifs is 1. The minimum atomic E-state index is -1.58. The van der Waals surface area contributed by atoms with Crippen LogP contribution in [0.2, 0.25) is 0 Å². The van der Waals surface area contributed by atoms with Crippen LogP contribution in [0.5, 0.6) is 5.75 Å². The summed E-state index contributed by atoms with van der Waals surface area (Å²) < 4.78 is 21.1. The Labute approximate surface area is 170 Å². The molecule has 1 fully saturated rings. The van der Waals surface area contributed by atoms with E-state index in [2.05, 4.69) is 0 Å². The van der Waals surface area contributed by atoms with Gasteiger partial charge in [-0.15, -0.1) is 11.3 Å². The molecule has 0 unspecified atom stereocenters. The van der Waals surface area contributed by atoms with Crippen LogP contribution in [0.3, 0.4) is 0 Å². The number of halogens is 1. The molecule has 4 rings (SSSR count). The quantitative estimate of drug-likeness (QED) is 0.441. The van der Waals surface area contributed by atoms with E-state index >= 15 is 0 Å². The van der Waals surface area contributed by atoms with Gasteiger partial charge in [-0.05, 0) is 29.1 Å². The Hall–Kier alpha value is -2.07. The predicted octanol–water partition coefficient (Wildman–Crippen LogP) is 1.85. The minimum absolute atomic E-state index is 0.0828. The first-order valence-electron chi connectivity index (χ1n) is 9.18. The fourth-order valence-electron chi connectivity index (χ4n) is 3.66. The fraction of sp³-hybridized carbons (Fsp3) is 0.333. The number of benzene rings is 2. The van der Waals surface area contributed by atoms with Crippen molar-refractivity contribution >= 4 is 21.4 Å². The highest BCUT2D eigenvalue weighted by atomic mass is 32.1. The van der Waals surface area contributed by atoms with Crippen LogP contribution >= 0.6 is 11.3 Å². The largest absolute Gasteiger partial charge is 0.507 e. The Kier molecular flexibility index (Phi) is 5.56. The molecule has 2 heterocycles. The van der Waals surface area contributed by atoms with Gasteiger partial charge in [0.2, 0.25) is 0 Å². The molecule has 0 bridgehead atoms. The Bertz CT molecular complexity index is 987. The van der Waals surface area contributed by atoms with Gasteiger partial charge in [0.25, 0.3) is 0 Å². The first-order chi connectivity index (χ1) is 13.9. The van der Waals surface area contributed by atoms with E-state index in [1.165, 1.54) is 17.4 Å². The van der Waals surface area contributed by atoms with Gasteiger partial charge in [0.05, 0.1) is 6.61 Å². The third-order valence-electron chi connectivity index (χ3n) is 5.24. The third-order valence-corrected chi connectivity index (χ3v) is 6.35. The number of rotatable bonds is 4. The highest BCUT2D eigenvalue weighted by Crippen LogP contribution is 2.38. The van der Waals surface area contributed by atoms with Crippen LogP contribution in [0.4, 0.5) is 4.39 Å². The summed E-state index contributed by atoms with van der Waals surface area (Å²) in [5, 5.41) is 50.9. The summed E-state index contributed by atoms with van der Waals surface area (Å²) in [4.78, 5) is 0.926. The van der Waals surface area contributed by atoms with E-state index in [0.717, 1.165) is 21.0 Å². The number of thiophene rings is 1. The Morgan fingerprint density at radius 1 is 1.00 bits per heavy atom. The molecule has 154 valence electrons. The molecule has 0 spiro atoms. The molecular formula is C21H21FO6S. The van der Waals surface area contributed by atoms with E-state index in [0.29, 0.717) is 5.56 Å². The fourth-order valence-corrected chi connectivity index (χ4v) is 4.75. The van der Waals surface area contributed by atoms with Crippen LogP contribution in [0.1, 0.15) is 22.1 Å². The van der Waals surface area contributed by atoms with Crippen LogP contribution < -0.4 is 0 Å². The molecule has 0 aliphatic carbocycles. The average molecular weight is 420 g/mol. The zero-order chi connectivity index (χ0) is 20.7. The van der Waals surface area contributed by atoms with Gasteiger partial charge in [-0.3, -0.25) is 0 Å². The second-order valence-electron chi connectivity index (χ2n) is 7.18. The number of ether oxygens (including phenoxy) is 1. The maximum absolute atomic E-state index is 14.5. The molecule has 6 nitrogen and oxygen atoms in total. The topological polar surface area (TPSA) is 110 Å². The molecule has 3 aromatic rings. The SMILES string of the molecule is OC[C@H]1O[C@@H](c2cc(Cc3cc4ccccc4s3)c(F)cc2O)[C@H](O)[C@@H](O)[C@@H]1O. The molecule has 0 saturated carbocycles. The number of phenolic OH excluding ortho intramolecular Hbond substituents is 1. The Morgan fingerprint density at radius 3 is 2.48 bits per heavy atom. The molecule has 8 heteroatoms. The summed E-state index contributed by atoms with van der Waals surface area (Å²) in [5.41, 5.74) is 0.376. The second kappa shape index (κ2) is 7.98. The number of hydrogen-bond donors (Lipinski definition) is 5. The lowest BCUT2D eigenvalue weighted by Crippen LogP contribution is -2.55. The molecule has 0 radical (unpaired) electrons. The van der Waals surface area contributed by atoms with Crippen molar-refractivity contribution in [3.8, 4) is 5.75 Å². The van der Waals surface area contributed by atoms with Crippen molar-refractivity contribution in [2.75, 3.05) is 6.61 Å². The van der Waals surface area contributed by atoms with E-state index in [1.807, 2.05) is 30.3 Å². The zero-order valence-electron chi connectivity index (χ0n) is 15.3. The number of aliphatic hydroxyl groups is 4. The molecule has 1 aliphatic rings. The summed E-state index contributed by atoms with van der Waals surface area (Å²) >= 11 is 1.54. The smallest absolute Gasteiger partial charge is 0.130 e. The van der Waals surface area contributed by atoms with Gasteiger partial charge in [-0.2, -0.15) is 0 Å². The summed E-state index contributed by atoms with van der Waals surface area (Å²) in [7, 11) is 0. The van der Waals surface area contributed by atoms with Gasteiger partial charge in [0.1, 0.15) is 42.1 Å². The number of hydrogen-bond acceptors (Lipinski definition) is 7. The Balaban J connectivity index is 1.68. The van der Waals surface area contributed by atoms with Gasteiger partial charge in [-0.1, -0.05) is 18.2 Å². The summed E-state index contributed by atoms with van der Waals surface area (Å²) in [5.74, 6) is -1.04. The normalized spacial score (nSPS) is 27.4. The third kappa shape index (κ3) is 3.75. The zero-order valence-corrected chi connectivity index (χ0v) is 16.1. The average Bonchev–Trinajstić information content (AvgIpc) is 3.11. The van der Waals surface area contributed by atoms with Crippen molar-refractivity contribution in [2.24, 2.45) is 0 Å². The van der Waals surface area contributed by atoms with E-state index in [4.69, 9.17) is 4.74 Å². The summed E-state index contributed by atoms with van der Waals surface area (Å²) in [6.45, 7) is -0.585. The van der Waals surface area contributed by atoms with E-state index < -0.39 is 48.7 Å². The van der Waals surface area contributed by atoms with Crippen LogP contribution in [0.15, 0.2) is 42.5 Å². The first kappa shape index (κ1) is 20.2. The molecule has 5 N–H and O–H groups in total. The lowest BCUT2D eigenvalue weighted by Gasteiger charge is -2.40. The second-order valence-corrected chi connectivity index (χ2v) is 8.35. The van der Waals surface area contributed by atoms with E-state index in [-0.39, 0.29) is 12.0 Å². The minimum Gasteiger partial charge on any atom is -0.507 e. The summed E-state index contributed by atoms with van der Waals surface area (Å²) in [6.07, 6.45) is -6.72. The van der Waals surface area contributed by atoms with Gasteiger partial charge in [0.15, 0.2) is 0 Å². The number of aromatic hydroxyl groups is 1. The molecule has 1 aromatic heterocycles. The van der Waals surface area contributed by atoms with Gasteiger partial charge < -0.3 is 30.3 Å². The van der Waals surface area contributed by atoms with Gasteiger partial charge in [-0.25, -0.2) is 4.39 Å². The van der Waals surface area contributed by atoms with Crippen molar-refractivity contribution in [3.05, 3.63) is 64.3 Å². The maximum atomic E-state index is 14.5. The summed E-state index contributed by atoms with van der Waals surface area (Å²) in [6, 6.07) is 12.1. The predicted molar refractivity (Wildman–Crippen MR) is 105 cm³/mol. The Morgan fingerprint density at radius 2 is 1.76 bits per heavy atom. The van der Waals surface area contributed by atoms with Crippen molar-refractivity contribution < 1.29 is 34.7 Å². The van der Waals surface area contributed by atoms with Crippen LogP contribution in [0, 0.1) is 5.82 Å². The van der Waals surface area contributed by atoms with Crippen molar-refractivity contribution in [2.45, 2.75) is 36.9 Å². The lowest BCUT2D eigenvalue weighted by molar-refractivity contribution is -0.232. The van der Waals surface area contributed by atoms with Crippen molar-refractivity contribution in [1.82, 2.24) is 0 Å². The monoisotopic (exact) mass is 420 g/mol.